The second-order valence-electron chi connectivity index (χ2n) is 2.73. The Morgan fingerprint density at radius 1 is 1.45 bits per heavy atom. The van der Waals surface area contributed by atoms with Crippen molar-refractivity contribution in [3.05, 3.63) is 23.6 Å². The maximum absolute atomic E-state index is 12.9. The van der Waals surface area contributed by atoms with Gasteiger partial charge in [0.25, 0.3) is 0 Å². The number of hydrogen-bond acceptors (Lipinski definition) is 0. The lowest BCUT2D eigenvalue weighted by molar-refractivity contribution is 0.637. The summed E-state index contributed by atoms with van der Waals surface area (Å²) in [7, 11) is 0. The van der Waals surface area contributed by atoms with Gasteiger partial charge in [0.05, 0.1) is 0 Å². The molecule has 0 aliphatic heterocycles. The molecular weight excluding hydrogens is 139 g/mol. The zero-order valence-electron chi connectivity index (χ0n) is 7.65. The zero-order chi connectivity index (χ0) is 8.69. The number of hydrogen-bond donors (Lipinski definition) is 0. The molecule has 0 fully saturated rings. The van der Waals surface area contributed by atoms with E-state index >= 15 is 0 Å². The number of rotatable bonds is 4. The second-order valence-corrected chi connectivity index (χ2v) is 2.73. The van der Waals surface area contributed by atoms with E-state index in [4.69, 9.17) is 0 Å². The van der Waals surface area contributed by atoms with Gasteiger partial charge >= 0.3 is 0 Å². The van der Waals surface area contributed by atoms with Crippen LogP contribution in [0.4, 0.5) is 4.39 Å². The van der Waals surface area contributed by atoms with E-state index in [9.17, 15) is 4.39 Å². The first-order valence-corrected chi connectivity index (χ1v) is 4.20. The lowest BCUT2D eigenvalue weighted by Gasteiger charge is -1.98. The Morgan fingerprint density at radius 3 is 2.55 bits per heavy atom. The zero-order valence-corrected chi connectivity index (χ0v) is 7.65. The van der Waals surface area contributed by atoms with E-state index in [-0.39, 0.29) is 5.83 Å². The van der Waals surface area contributed by atoms with E-state index in [1.807, 2.05) is 13.8 Å². The molecule has 0 aromatic carbocycles. The Hall–Kier alpha value is -0.590. The van der Waals surface area contributed by atoms with Gasteiger partial charge < -0.3 is 0 Å². The molecule has 0 saturated heterocycles. The highest BCUT2D eigenvalue weighted by atomic mass is 19.1. The van der Waals surface area contributed by atoms with Gasteiger partial charge in [-0.05, 0) is 38.3 Å². The molecule has 0 saturated carbocycles. The minimum absolute atomic E-state index is 0.0686. The van der Waals surface area contributed by atoms with Gasteiger partial charge in [-0.1, -0.05) is 19.4 Å². The van der Waals surface area contributed by atoms with Crippen LogP contribution in [0.5, 0.6) is 0 Å². The number of halogens is 1. The largest absolute Gasteiger partial charge is 0.207 e. The molecule has 0 nitrogen and oxygen atoms in total. The molecule has 1 heteroatoms. The Bertz CT molecular complexity index is 154. The fraction of sp³-hybridized carbons (Fsp3) is 0.600. The topological polar surface area (TPSA) is 0 Å². The summed E-state index contributed by atoms with van der Waals surface area (Å²) in [6, 6.07) is 0. The summed E-state index contributed by atoms with van der Waals surface area (Å²) >= 11 is 0. The van der Waals surface area contributed by atoms with Gasteiger partial charge in [0.15, 0.2) is 0 Å². The molecule has 0 radical (unpaired) electrons. The van der Waals surface area contributed by atoms with Crippen LogP contribution in [0.1, 0.15) is 40.0 Å². The van der Waals surface area contributed by atoms with E-state index in [2.05, 4.69) is 6.92 Å². The third kappa shape index (κ3) is 4.77. The standard InChI is InChI=1S/C10H17F/c1-4-6-8-9(3)10(11)7-5-2/h5,7H,4,6,8H2,1-3H3/b7-5-,10-9+. The minimum Gasteiger partial charge on any atom is -0.207 e. The van der Waals surface area contributed by atoms with Crippen molar-refractivity contribution in [2.24, 2.45) is 0 Å². The quantitative estimate of drug-likeness (QED) is 0.540. The van der Waals surface area contributed by atoms with Gasteiger partial charge in [-0.2, -0.15) is 0 Å². The van der Waals surface area contributed by atoms with Crippen molar-refractivity contribution in [1.82, 2.24) is 0 Å². The molecule has 0 rings (SSSR count). The van der Waals surface area contributed by atoms with Crippen molar-refractivity contribution in [1.29, 1.82) is 0 Å². The summed E-state index contributed by atoms with van der Waals surface area (Å²) in [5.74, 6) is -0.0686. The highest BCUT2D eigenvalue weighted by Crippen LogP contribution is 2.13. The van der Waals surface area contributed by atoms with Crippen molar-refractivity contribution in [3.8, 4) is 0 Å². The van der Waals surface area contributed by atoms with Gasteiger partial charge in [-0.25, -0.2) is 4.39 Å². The lowest BCUT2D eigenvalue weighted by Crippen LogP contribution is -1.80. The fourth-order valence-corrected chi connectivity index (χ4v) is 0.850. The van der Waals surface area contributed by atoms with Crippen LogP contribution in [-0.2, 0) is 0 Å². The van der Waals surface area contributed by atoms with E-state index in [0.717, 1.165) is 24.8 Å². The molecular formula is C10H17F. The molecule has 0 spiro atoms. The molecule has 0 atom stereocenters. The highest BCUT2D eigenvalue weighted by Gasteiger charge is 1.95. The van der Waals surface area contributed by atoms with Gasteiger partial charge in [-0.3, -0.25) is 0 Å². The SMILES string of the molecule is C/C=C\C(F)=C(\C)CCCC. The van der Waals surface area contributed by atoms with Crippen LogP contribution < -0.4 is 0 Å². The van der Waals surface area contributed by atoms with Gasteiger partial charge in [-0.15, -0.1) is 0 Å². The van der Waals surface area contributed by atoms with Crippen LogP contribution in [0.25, 0.3) is 0 Å². The molecule has 64 valence electrons. The van der Waals surface area contributed by atoms with Crippen molar-refractivity contribution >= 4 is 0 Å². The predicted octanol–water partition coefficient (Wildman–Crippen LogP) is 4.00. The van der Waals surface area contributed by atoms with Crippen LogP contribution in [-0.4, -0.2) is 0 Å². The summed E-state index contributed by atoms with van der Waals surface area (Å²) in [6.45, 7) is 5.79. The number of unbranched alkanes of at least 4 members (excludes halogenated alkanes) is 1. The molecule has 0 aromatic heterocycles. The Morgan fingerprint density at radius 2 is 2.09 bits per heavy atom. The Labute approximate surface area is 68.8 Å². The van der Waals surface area contributed by atoms with E-state index < -0.39 is 0 Å². The summed E-state index contributed by atoms with van der Waals surface area (Å²) in [6.07, 6.45) is 6.33. The van der Waals surface area contributed by atoms with Crippen LogP contribution in [0.2, 0.25) is 0 Å². The first-order chi connectivity index (χ1) is 5.22. The Balaban J connectivity index is 3.94. The van der Waals surface area contributed by atoms with Crippen molar-refractivity contribution in [3.63, 3.8) is 0 Å². The van der Waals surface area contributed by atoms with Crippen LogP contribution in [0.3, 0.4) is 0 Å². The average Bonchev–Trinajstić information content (AvgIpc) is 2.00. The van der Waals surface area contributed by atoms with E-state index in [0.29, 0.717) is 0 Å². The maximum atomic E-state index is 12.9. The van der Waals surface area contributed by atoms with Gasteiger partial charge in [0.1, 0.15) is 5.83 Å². The normalized spacial score (nSPS) is 13.8. The average molecular weight is 156 g/mol. The fourth-order valence-electron chi connectivity index (χ4n) is 0.850. The summed E-state index contributed by atoms with van der Waals surface area (Å²) in [5, 5.41) is 0. The second kappa shape index (κ2) is 6.14. The van der Waals surface area contributed by atoms with Crippen molar-refractivity contribution in [2.75, 3.05) is 0 Å². The third-order valence-electron chi connectivity index (χ3n) is 1.63. The van der Waals surface area contributed by atoms with Gasteiger partial charge in [0.2, 0.25) is 0 Å². The first kappa shape index (κ1) is 10.4. The van der Waals surface area contributed by atoms with Crippen LogP contribution in [0.15, 0.2) is 23.6 Å². The minimum atomic E-state index is -0.0686. The first-order valence-electron chi connectivity index (χ1n) is 4.20. The van der Waals surface area contributed by atoms with E-state index in [1.54, 1.807) is 6.08 Å². The third-order valence-corrected chi connectivity index (χ3v) is 1.63. The predicted molar refractivity (Wildman–Crippen MR) is 48.1 cm³/mol. The monoisotopic (exact) mass is 156 g/mol. The smallest absolute Gasteiger partial charge is 0.121 e. The molecule has 11 heavy (non-hydrogen) atoms. The van der Waals surface area contributed by atoms with E-state index in [1.165, 1.54) is 6.08 Å². The highest BCUT2D eigenvalue weighted by molar-refractivity contribution is 5.17. The van der Waals surface area contributed by atoms with Gasteiger partial charge in [0, 0.05) is 0 Å². The molecule has 0 aromatic rings. The van der Waals surface area contributed by atoms with Crippen LogP contribution in [0, 0.1) is 0 Å². The molecule has 0 bridgehead atoms. The molecule has 0 N–H and O–H groups in total. The molecule has 0 aliphatic rings. The summed E-state index contributed by atoms with van der Waals surface area (Å²) in [4.78, 5) is 0. The Kier molecular flexibility index (Phi) is 5.81. The summed E-state index contributed by atoms with van der Waals surface area (Å²) in [5.41, 5.74) is 0.866. The molecule has 0 aliphatic carbocycles. The molecule has 0 heterocycles. The van der Waals surface area contributed by atoms with Crippen molar-refractivity contribution < 1.29 is 4.39 Å². The lowest BCUT2D eigenvalue weighted by atomic mass is 10.1. The van der Waals surface area contributed by atoms with Crippen molar-refractivity contribution in [2.45, 2.75) is 40.0 Å². The molecule has 0 amide bonds. The summed E-state index contributed by atoms with van der Waals surface area (Å²) < 4.78 is 12.9. The number of allylic oxidation sites excluding steroid dienone is 4. The van der Waals surface area contributed by atoms with Crippen LogP contribution >= 0.6 is 0 Å². The molecule has 0 unspecified atom stereocenters. The maximum Gasteiger partial charge on any atom is 0.121 e.